The number of aryl methyl sites for hydroxylation is 1. The molecule has 6 heteroatoms. The van der Waals surface area contributed by atoms with Crippen LogP contribution in [0.15, 0.2) is 47.6 Å². The van der Waals surface area contributed by atoms with E-state index in [2.05, 4.69) is 14.8 Å². The molecule has 19 heavy (non-hydrogen) atoms. The number of rotatable bonds is 3. The number of nitrogens with one attached hydrogen (secondary N) is 1. The first-order valence-electron chi connectivity index (χ1n) is 5.72. The van der Waals surface area contributed by atoms with Crippen LogP contribution in [0.2, 0.25) is 0 Å². The second-order valence-corrected chi connectivity index (χ2v) is 4.86. The minimum atomic E-state index is -0.253. The SMILES string of the molecule is Cc1ccc2c(NSc3ccccc3F)ncnn12. The van der Waals surface area contributed by atoms with Gasteiger partial charge >= 0.3 is 0 Å². The van der Waals surface area contributed by atoms with E-state index in [0.29, 0.717) is 10.7 Å². The largest absolute Gasteiger partial charge is 0.308 e. The number of anilines is 1. The van der Waals surface area contributed by atoms with E-state index < -0.39 is 0 Å². The molecular weight excluding hydrogens is 263 g/mol. The number of hydrogen-bond donors (Lipinski definition) is 1. The van der Waals surface area contributed by atoms with E-state index in [0.717, 1.165) is 11.2 Å². The van der Waals surface area contributed by atoms with Gasteiger partial charge in [0.2, 0.25) is 0 Å². The summed E-state index contributed by atoms with van der Waals surface area (Å²) in [5.41, 5.74) is 1.89. The maximum absolute atomic E-state index is 13.5. The number of aromatic nitrogens is 3. The molecule has 0 bridgehead atoms. The highest BCUT2D eigenvalue weighted by atomic mass is 32.2. The molecule has 3 aromatic rings. The Morgan fingerprint density at radius 3 is 2.89 bits per heavy atom. The maximum atomic E-state index is 13.5. The van der Waals surface area contributed by atoms with Crippen molar-refractivity contribution in [3.05, 3.63) is 54.2 Å². The number of halogens is 1. The van der Waals surface area contributed by atoms with Gasteiger partial charge in [-0.1, -0.05) is 12.1 Å². The molecular formula is C13H11FN4S. The van der Waals surface area contributed by atoms with Crippen LogP contribution >= 0.6 is 11.9 Å². The predicted octanol–water partition coefficient (Wildman–Crippen LogP) is 3.30. The number of benzene rings is 1. The summed E-state index contributed by atoms with van der Waals surface area (Å²) in [6, 6.07) is 10.5. The molecule has 0 aliphatic rings. The molecule has 4 nitrogen and oxygen atoms in total. The van der Waals surface area contributed by atoms with Crippen LogP contribution in [0.3, 0.4) is 0 Å². The highest BCUT2D eigenvalue weighted by Crippen LogP contribution is 2.25. The topological polar surface area (TPSA) is 42.2 Å². The lowest BCUT2D eigenvalue weighted by atomic mass is 10.4. The summed E-state index contributed by atoms with van der Waals surface area (Å²) in [5, 5.41) is 4.16. The zero-order valence-electron chi connectivity index (χ0n) is 10.2. The Labute approximate surface area is 113 Å². The Hall–Kier alpha value is -2.08. The average Bonchev–Trinajstić information content (AvgIpc) is 2.81. The van der Waals surface area contributed by atoms with Gasteiger partial charge in [0, 0.05) is 5.69 Å². The van der Waals surface area contributed by atoms with E-state index in [9.17, 15) is 4.39 Å². The molecule has 0 saturated heterocycles. The third-order valence-corrected chi connectivity index (χ3v) is 3.58. The Morgan fingerprint density at radius 2 is 2.05 bits per heavy atom. The molecule has 0 saturated carbocycles. The molecule has 3 rings (SSSR count). The van der Waals surface area contributed by atoms with E-state index in [1.165, 1.54) is 24.3 Å². The van der Waals surface area contributed by atoms with E-state index >= 15 is 0 Å². The van der Waals surface area contributed by atoms with E-state index in [1.54, 1.807) is 22.7 Å². The van der Waals surface area contributed by atoms with E-state index in [1.807, 2.05) is 19.1 Å². The number of nitrogens with zero attached hydrogens (tertiary/aromatic N) is 3. The van der Waals surface area contributed by atoms with Crippen molar-refractivity contribution in [1.29, 1.82) is 0 Å². The molecule has 1 N–H and O–H groups in total. The molecule has 0 atom stereocenters. The van der Waals surface area contributed by atoms with Gasteiger partial charge in [0.25, 0.3) is 0 Å². The van der Waals surface area contributed by atoms with Crippen LogP contribution in [0, 0.1) is 12.7 Å². The molecule has 0 unspecified atom stereocenters. The van der Waals surface area contributed by atoms with Crippen LogP contribution in [-0.4, -0.2) is 14.6 Å². The van der Waals surface area contributed by atoms with Gasteiger partial charge in [-0.05, 0) is 43.1 Å². The van der Waals surface area contributed by atoms with Gasteiger partial charge in [0.1, 0.15) is 17.7 Å². The second kappa shape index (κ2) is 4.89. The summed E-state index contributed by atoms with van der Waals surface area (Å²) in [7, 11) is 0. The maximum Gasteiger partial charge on any atom is 0.164 e. The summed E-state index contributed by atoms with van der Waals surface area (Å²) in [4.78, 5) is 4.71. The molecule has 0 aliphatic heterocycles. The quantitative estimate of drug-likeness (QED) is 0.744. The zero-order chi connectivity index (χ0) is 13.2. The van der Waals surface area contributed by atoms with E-state index in [4.69, 9.17) is 0 Å². The Balaban J connectivity index is 1.88. The van der Waals surface area contributed by atoms with Gasteiger partial charge in [-0.2, -0.15) is 5.10 Å². The minimum absolute atomic E-state index is 0.253. The molecule has 96 valence electrons. The average molecular weight is 274 g/mol. The number of fused-ring (bicyclic) bond motifs is 1. The van der Waals surface area contributed by atoms with E-state index in [-0.39, 0.29) is 5.82 Å². The molecule has 1 aromatic carbocycles. The number of hydrogen-bond acceptors (Lipinski definition) is 4. The Morgan fingerprint density at radius 1 is 1.21 bits per heavy atom. The molecule has 2 heterocycles. The molecule has 0 amide bonds. The van der Waals surface area contributed by atoms with Crippen molar-refractivity contribution in [1.82, 2.24) is 14.6 Å². The normalized spacial score (nSPS) is 10.8. The summed E-state index contributed by atoms with van der Waals surface area (Å²) in [6.45, 7) is 1.97. The van der Waals surface area contributed by atoms with Crippen LogP contribution < -0.4 is 4.72 Å². The third kappa shape index (κ3) is 2.26. The van der Waals surface area contributed by atoms with Gasteiger partial charge < -0.3 is 4.72 Å². The van der Waals surface area contributed by atoms with Gasteiger partial charge in [-0.15, -0.1) is 0 Å². The van der Waals surface area contributed by atoms with Crippen molar-refractivity contribution in [3.8, 4) is 0 Å². The van der Waals surface area contributed by atoms with Crippen molar-refractivity contribution >= 4 is 23.3 Å². The predicted molar refractivity (Wildman–Crippen MR) is 73.6 cm³/mol. The Bertz CT molecular complexity index is 725. The fourth-order valence-electron chi connectivity index (χ4n) is 1.77. The van der Waals surface area contributed by atoms with Crippen molar-refractivity contribution in [2.24, 2.45) is 0 Å². The lowest BCUT2D eigenvalue weighted by Crippen LogP contribution is -1.99. The molecule has 0 fully saturated rings. The van der Waals surface area contributed by atoms with Gasteiger partial charge in [0.05, 0.1) is 4.90 Å². The monoisotopic (exact) mass is 274 g/mol. The van der Waals surface area contributed by atoms with Gasteiger partial charge in [-0.25, -0.2) is 13.9 Å². The van der Waals surface area contributed by atoms with Crippen LogP contribution in [0.1, 0.15) is 5.69 Å². The molecule has 0 radical (unpaired) electrons. The first-order chi connectivity index (χ1) is 9.25. The van der Waals surface area contributed by atoms with Crippen molar-refractivity contribution in [2.75, 3.05) is 4.72 Å². The summed E-state index contributed by atoms with van der Waals surface area (Å²) in [5.74, 6) is 0.410. The standard InChI is InChI=1S/C13H11FN4S/c1-9-6-7-11-13(15-8-16-18(9)11)17-19-12-5-3-2-4-10(12)14/h2-8H,1H3,(H,15,16,17). The third-order valence-electron chi connectivity index (χ3n) is 2.74. The minimum Gasteiger partial charge on any atom is -0.308 e. The fraction of sp³-hybridized carbons (Fsp3) is 0.0769. The first kappa shape index (κ1) is 12.0. The van der Waals surface area contributed by atoms with Crippen LogP contribution in [-0.2, 0) is 0 Å². The smallest absolute Gasteiger partial charge is 0.164 e. The molecule has 0 spiro atoms. The van der Waals surface area contributed by atoms with Crippen molar-refractivity contribution < 1.29 is 4.39 Å². The summed E-state index contributed by atoms with van der Waals surface area (Å²) < 4.78 is 18.4. The summed E-state index contributed by atoms with van der Waals surface area (Å²) >= 11 is 1.20. The highest BCUT2D eigenvalue weighted by molar-refractivity contribution is 8.00. The molecule has 0 aliphatic carbocycles. The first-order valence-corrected chi connectivity index (χ1v) is 6.54. The van der Waals surface area contributed by atoms with Crippen molar-refractivity contribution in [2.45, 2.75) is 11.8 Å². The summed E-state index contributed by atoms with van der Waals surface area (Å²) in [6.07, 6.45) is 1.48. The molecule has 2 aromatic heterocycles. The van der Waals surface area contributed by atoms with Crippen LogP contribution in [0.25, 0.3) is 5.52 Å². The fourth-order valence-corrected chi connectivity index (χ4v) is 2.45. The zero-order valence-corrected chi connectivity index (χ0v) is 11.0. The van der Waals surface area contributed by atoms with Gasteiger partial charge in [-0.3, -0.25) is 0 Å². The van der Waals surface area contributed by atoms with Crippen molar-refractivity contribution in [3.63, 3.8) is 0 Å². The highest BCUT2D eigenvalue weighted by Gasteiger charge is 2.07. The lowest BCUT2D eigenvalue weighted by molar-refractivity contribution is 0.602. The second-order valence-electron chi connectivity index (χ2n) is 4.01. The van der Waals surface area contributed by atoms with Gasteiger partial charge in [0.15, 0.2) is 5.82 Å². The lowest BCUT2D eigenvalue weighted by Gasteiger charge is -2.06. The van der Waals surface area contributed by atoms with Crippen LogP contribution in [0.5, 0.6) is 0 Å². The van der Waals surface area contributed by atoms with Crippen LogP contribution in [0.4, 0.5) is 10.2 Å². The Kier molecular flexibility index (Phi) is 3.08.